The summed E-state index contributed by atoms with van der Waals surface area (Å²) < 4.78 is 68.2. The van der Waals surface area contributed by atoms with Gasteiger partial charge in [-0.15, -0.1) is 0 Å². The number of sulfone groups is 1. The lowest BCUT2D eigenvalue weighted by molar-refractivity contribution is -0.140. The molecule has 2 fully saturated rings. The number of ether oxygens (including phenoxy) is 1. The predicted molar refractivity (Wildman–Crippen MR) is 78.1 cm³/mol. The number of hydrogen-bond donors (Lipinski definition) is 1. The molecule has 23 heavy (non-hydrogen) atoms. The van der Waals surface area contributed by atoms with Crippen LogP contribution in [-0.4, -0.2) is 33.9 Å². The molecular formula is C15H18F3NO3S. The van der Waals surface area contributed by atoms with Crippen molar-refractivity contribution in [3.8, 4) is 5.75 Å². The number of halogens is 3. The van der Waals surface area contributed by atoms with Crippen LogP contribution >= 0.6 is 0 Å². The van der Waals surface area contributed by atoms with E-state index in [0.29, 0.717) is 0 Å². The van der Waals surface area contributed by atoms with Gasteiger partial charge in [0.1, 0.15) is 5.75 Å². The van der Waals surface area contributed by atoms with Gasteiger partial charge in [-0.1, -0.05) is 0 Å². The zero-order valence-corrected chi connectivity index (χ0v) is 13.4. The van der Waals surface area contributed by atoms with Gasteiger partial charge in [0.15, 0.2) is 9.84 Å². The molecule has 1 N–H and O–H groups in total. The van der Waals surface area contributed by atoms with Crippen molar-refractivity contribution in [3.05, 3.63) is 23.8 Å². The molecule has 1 aromatic carbocycles. The van der Waals surface area contributed by atoms with E-state index < -0.39 is 26.5 Å². The van der Waals surface area contributed by atoms with Crippen LogP contribution in [0.4, 0.5) is 13.2 Å². The maximum Gasteiger partial charge on any atom is 0.417 e. The zero-order valence-electron chi connectivity index (χ0n) is 12.6. The highest BCUT2D eigenvalue weighted by atomic mass is 32.2. The van der Waals surface area contributed by atoms with Crippen LogP contribution in [0.1, 0.15) is 24.8 Å². The fourth-order valence-corrected chi connectivity index (χ4v) is 4.26. The first kappa shape index (κ1) is 16.6. The third-order valence-electron chi connectivity index (χ3n) is 4.62. The minimum atomic E-state index is -4.74. The van der Waals surface area contributed by atoms with Crippen molar-refractivity contribution < 1.29 is 26.3 Å². The third-order valence-corrected chi connectivity index (χ3v) is 5.77. The van der Waals surface area contributed by atoms with Crippen LogP contribution in [-0.2, 0) is 16.0 Å². The van der Waals surface area contributed by atoms with Crippen LogP contribution in [0.2, 0.25) is 0 Å². The van der Waals surface area contributed by atoms with Crippen LogP contribution < -0.4 is 10.1 Å². The van der Waals surface area contributed by atoms with E-state index in [1.54, 1.807) is 0 Å². The Labute approximate surface area is 132 Å². The number of nitrogens with one attached hydrogen (secondary N) is 1. The SMILES string of the molecule is CS(=O)(=O)c1ccc(O[C@H]2CCC3(CNC3)C2)cc1C(F)(F)F. The number of alkyl halides is 3. The summed E-state index contributed by atoms with van der Waals surface area (Å²) in [5.41, 5.74) is -0.944. The first-order valence-electron chi connectivity index (χ1n) is 7.38. The summed E-state index contributed by atoms with van der Waals surface area (Å²) in [4.78, 5) is -0.719. The summed E-state index contributed by atoms with van der Waals surface area (Å²) in [7, 11) is -3.96. The topological polar surface area (TPSA) is 55.4 Å². The van der Waals surface area contributed by atoms with Crippen molar-refractivity contribution in [1.82, 2.24) is 5.32 Å². The van der Waals surface area contributed by atoms with Crippen molar-refractivity contribution in [2.75, 3.05) is 19.3 Å². The minimum Gasteiger partial charge on any atom is -0.490 e. The molecule has 128 valence electrons. The molecule has 1 saturated carbocycles. The van der Waals surface area contributed by atoms with Gasteiger partial charge in [0, 0.05) is 19.3 Å². The van der Waals surface area contributed by atoms with E-state index in [9.17, 15) is 21.6 Å². The Kier molecular flexibility index (Phi) is 3.87. The number of hydrogen-bond acceptors (Lipinski definition) is 4. The molecule has 1 aliphatic heterocycles. The van der Waals surface area contributed by atoms with Gasteiger partial charge in [0.25, 0.3) is 0 Å². The maximum atomic E-state index is 13.1. The van der Waals surface area contributed by atoms with Gasteiger partial charge in [0.05, 0.1) is 16.6 Å². The molecule has 0 unspecified atom stereocenters. The molecule has 2 aliphatic rings. The van der Waals surface area contributed by atoms with Crippen LogP contribution in [0, 0.1) is 5.41 Å². The van der Waals surface area contributed by atoms with Crippen molar-refractivity contribution >= 4 is 9.84 Å². The monoisotopic (exact) mass is 349 g/mol. The van der Waals surface area contributed by atoms with E-state index in [-0.39, 0.29) is 17.3 Å². The largest absolute Gasteiger partial charge is 0.490 e. The van der Waals surface area contributed by atoms with E-state index in [0.717, 1.165) is 50.7 Å². The quantitative estimate of drug-likeness (QED) is 0.911. The van der Waals surface area contributed by atoms with Gasteiger partial charge in [-0.05, 0) is 42.9 Å². The van der Waals surface area contributed by atoms with Crippen LogP contribution in [0.3, 0.4) is 0 Å². The highest BCUT2D eigenvalue weighted by Gasteiger charge is 2.44. The third kappa shape index (κ3) is 3.33. The second kappa shape index (κ2) is 5.37. The molecule has 0 aromatic heterocycles. The molecule has 1 spiro atoms. The number of rotatable bonds is 3. The van der Waals surface area contributed by atoms with Crippen LogP contribution in [0.25, 0.3) is 0 Å². The van der Waals surface area contributed by atoms with E-state index in [1.807, 2.05) is 0 Å². The molecule has 0 amide bonds. The molecule has 0 bridgehead atoms. The molecule has 1 saturated heterocycles. The van der Waals surface area contributed by atoms with Crippen molar-refractivity contribution in [2.24, 2.45) is 5.41 Å². The fraction of sp³-hybridized carbons (Fsp3) is 0.600. The summed E-state index contributed by atoms with van der Waals surface area (Å²) in [5.74, 6) is 0.0686. The van der Waals surface area contributed by atoms with Gasteiger partial charge >= 0.3 is 6.18 Å². The lowest BCUT2D eigenvalue weighted by Gasteiger charge is -2.39. The molecule has 1 heterocycles. The zero-order chi connectivity index (χ0) is 16.9. The summed E-state index contributed by atoms with van der Waals surface area (Å²) in [6, 6.07) is 3.07. The first-order chi connectivity index (χ1) is 10.6. The van der Waals surface area contributed by atoms with Crippen LogP contribution in [0.15, 0.2) is 23.1 Å². The lowest BCUT2D eigenvalue weighted by atomic mass is 9.80. The van der Waals surface area contributed by atoms with E-state index in [1.165, 1.54) is 6.07 Å². The Morgan fingerprint density at radius 2 is 2.00 bits per heavy atom. The highest BCUT2D eigenvalue weighted by Crippen LogP contribution is 2.43. The highest BCUT2D eigenvalue weighted by molar-refractivity contribution is 7.90. The fourth-order valence-electron chi connectivity index (χ4n) is 3.37. The van der Waals surface area contributed by atoms with E-state index in [2.05, 4.69) is 5.32 Å². The maximum absolute atomic E-state index is 13.1. The van der Waals surface area contributed by atoms with Gasteiger partial charge < -0.3 is 10.1 Å². The van der Waals surface area contributed by atoms with E-state index >= 15 is 0 Å². The van der Waals surface area contributed by atoms with Crippen molar-refractivity contribution in [3.63, 3.8) is 0 Å². The van der Waals surface area contributed by atoms with Gasteiger partial charge in [-0.25, -0.2) is 8.42 Å². The van der Waals surface area contributed by atoms with Gasteiger partial charge in [-0.3, -0.25) is 0 Å². The summed E-state index contributed by atoms with van der Waals surface area (Å²) in [6.07, 6.45) is -1.48. The van der Waals surface area contributed by atoms with Gasteiger partial charge in [0.2, 0.25) is 0 Å². The van der Waals surface area contributed by atoms with Crippen molar-refractivity contribution in [2.45, 2.75) is 36.4 Å². The Morgan fingerprint density at radius 1 is 1.30 bits per heavy atom. The van der Waals surface area contributed by atoms with Gasteiger partial charge in [-0.2, -0.15) is 13.2 Å². The minimum absolute atomic E-state index is 0.0686. The molecular weight excluding hydrogens is 331 g/mol. The molecule has 8 heteroatoms. The summed E-state index contributed by atoms with van der Waals surface area (Å²) in [6.45, 7) is 1.85. The average molecular weight is 349 g/mol. The first-order valence-corrected chi connectivity index (χ1v) is 9.27. The molecule has 1 aromatic rings. The Bertz CT molecular complexity index is 711. The average Bonchev–Trinajstić information content (AvgIpc) is 2.80. The summed E-state index contributed by atoms with van der Waals surface area (Å²) in [5, 5.41) is 3.21. The second-order valence-electron chi connectivity index (χ2n) is 6.51. The lowest BCUT2D eigenvalue weighted by Crippen LogP contribution is -2.52. The van der Waals surface area contributed by atoms with Crippen LogP contribution in [0.5, 0.6) is 5.75 Å². The number of benzene rings is 1. The Balaban J connectivity index is 1.84. The Hall–Kier alpha value is -1.28. The molecule has 0 radical (unpaired) electrons. The van der Waals surface area contributed by atoms with E-state index in [4.69, 9.17) is 4.74 Å². The second-order valence-corrected chi connectivity index (χ2v) is 8.50. The smallest absolute Gasteiger partial charge is 0.417 e. The molecule has 3 rings (SSSR count). The summed E-state index contributed by atoms with van der Waals surface area (Å²) >= 11 is 0. The standard InChI is InChI=1S/C15H18F3NO3S/c1-23(20,21)13-3-2-10(6-12(13)15(16,17)18)22-11-4-5-14(7-11)8-19-9-14/h2-3,6,11,19H,4-5,7-9H2,1H3/t11-/m0/s1. The predicted octanol–water partition coefficient (Wildman–Crippen LogP) is 2.63. The molecule has 1 aliphatic carbocycles. The molecule has 4 nitrogen and oxygen atoms in total. The Morgan fingerprint density at radius 3 is 2.48 bits per heavy atom. The molecule has 1 atom stereocenters. The normalized spacial score (nSPS) is 23.7. The van der Waals surface area contributed by atoms with Crippen molar-refractivity contribution in [1.29, 1.82) is 0 Å².